The monoisotopic (exact) mass is 274 g/mol. The summed E-state index contributed by atoms with van der Waals surface area (Å²) in [6.07, 6.45) is 2.18. The van der Waals surface area contributed by atoms with Crippen molar-refractivity contribution in [3.63, 3.8) is 0 Å². The van der Waals surface area contributed by atoms with Crippen LogP contribution in [-0.4, -0.2) is 12.4 Å². The molecule has 14 heavy (non-hydrogen) atoms. The third kappa shape index (κ3) is 3.93. The molecule has 0 spiro atoms. The second-order valence-corrected chi connectivity index (χ2v) is 4.49. The van der Waals surface area contributed by atoms with E-state index in [1.54, 1.807) is 0 Å². The molecule has 0 aliphatic rings. The molecule has 0 radical (unpaired) electrons. The molecule has 0 aliphatic carbocycles. The van der Waals surface area contributed by atoms with Gasteiger partial charge in [-0.25, -0.2) is 0 Å². The molecule has 0 atom stereocenters. The van der Waals surface area contributed by atoms with Crippen molar-refractivity contribution < 1.29 is 4.74 Å². The van der Waals surface area contributed by atoms with Crippen molar-refractivity contribution in [3.8, 4) is 5.75 Å². The van der Waals surface area contributed by atoms with Crippen LogP contribution >= 0.6 is 28.6 Å². The maximum Gasteiger partial charge on any atom is 0.119 e. The van der Waals surface area contributed by atoms with Crippen molar-refractivity contribution in [2.45, 2.75) is 19.8 Å². The Morgan fingerprint density at radius 2 is 2.14 bits per heavy atom. The first-order chi connectivity index (χ1) is 6.74. The average molecular weight is 275 g/mol. The zero-order valence-corrected chi connectivity index (χ0v) is 10.8. The van der Waals surface area contributed by atoms with E-state index < -0.39 is 0 Å². The van der Waals surface area contributed by atoms with E-state index >= 15 is 0 Å². The van der Waals surface area contributed by atoms with Crippen molar-refractivity contribution in [2.75, 3.05) is 12.4 Å². The highest BCUT2D eigenvalue weighted by atomic mass is 79.9. The first kappa shape index (κ1) is 11.9. The Hall–Kier alpha value is -0.150. The predicted octanol–water partition coefficient (Wildman–Crippen LogP) is 3.85. The maximum absolute atomic E-state index is 5.59. The Morgan fingerprint density at radius 3 is 2.79 bits per heavy atom. The summed E-state index contributed by atoms with van der Waals surface area (Å²) in [5.41, 5.74) is 1.21. The van der Waals surface area contributed by atoms with Crippen LogP contribution in [0.15, 0.2) is 22.7 Å². The van der Waals surface area contributed by atoms with Gasteiger partial charge in [-0.05, 0) is 49.3 Å². The number of unbranched alkanes of at least 4 members (excludes halogenated alkanes) is 1. The lowest BCUT2D eigenvalue weighted by Crippen LogP contribution is -1.97. The average Bonchev–Trinajstić information content (AvgIpc) is 2.18. The van der Waals surface area contributed by atoms with Gasteiger partial charge in [-0.2, -0.15) is 12.6 Å². The third-order valence-corrected chi connectivity index (χ3v) is 3.16. The molecule has 1 aromatic carbocycles. The van der Waals surface area contributed by atoms with E-state index in [1.165, 1.54) is 5.56 Å². The van der Waals surface area contributed by atoms with Gasteiger partial charge in [-0.1, -0.05) is 15.9 Å². The summed E-state index contributed by atoms with van der Waals surface area (Å²) in [6, 6.07) is 6.05. The topological polar surface area (TPSA) is 9.23 Å². The summed E-state index contributed by atoms with van der Waals surface area (Å²) < 4.78 is 6.71. The minimum Gasteiger partial charge on any atom is -0.494 e. The summed E-state index contributed by atoms with van der Waals surface area (Å²) in [5, 5.41) is 0. The van der Waals surface area contributed by atoms with Gasteiger partial charge in [-0.3, -0.25) is 0 Å². The van der Waals surface area contributed by atoms with E-state index in [4.69, 9.17) is 4.74 Å². The molecule has 78 valence electrons. The molecule has 0 unspecified atom stereocenters. The van der Waals surface area contributed by atoms with Gasteiger partial charge in [-0.15, -0.1) is 0 Å². The van der Waals surface area contributed by atoms with E-state index in [1.807, 2.05) is 18.2 Å². The van der Waals surface area contributed by atoms with Gasteiger partial charge in [0.25, 0.3) is 0 Å². The highest BCUT2D eigenvalue weighted by Gasteiger charge is 1.97. The molecule has 0 saturated carbocycles. The van der Waals surface area contributed by atoms with Crippen molar-refractivity contribution >= 4 is 28.6 Å². The third-order valence-electron chi connectivity index (χ3n) is 1.95. The molecule has 0 heterocycles. The van der Waals surface area contributed by atoms with Crippen LogP contribution in [-0.2, 0) is 0 Å². The molecule has 0 amide bonds. The van der Waals surface area contributed by atoms with Gasteiger partial charge in [0.2, 0.25) is 0 Å². The molecule has 3 heteroatoms. The van der Waals surface area contributed by atoms with Crippen molar-refractivity contribution in [3.05, 3.63) is 28.2 Å². The number of rotatable bonds is 5. The number of thiol groups is 1. The molecular weight excluding hydrogens is 260 g/mol. The number of hydrogen-bond donors (Lipinski definition) is 1. The number of aryl methyl sites for hydroxylation is 1. The van der Waals surface area contributed by atoms with Crippen LogP contribution in [0, 0.1) is 6.92 Å². The van der Waals surface area contributed by atoms with Crippen LogP contribution in [0.5, 0.6) is 5.75 Å². The lowest BCUT2D eigenvalue weighted by Gasteiger charge is -2.07. The minimum atomic E-state index is 0.779. The molecule has 1 rings (SSSR count). The Bertz CT molecular complexity index is 289. The molecule has 0 fully saturated rings. The fraction of sp³-hybridized carbons (Fsp3) is 0.455. The summed E-state index contributed by atoms with van der Waals surface area (Å²) >= 11 is 7.61. The quantitative estimate of drug-likeness (QED) is 0.634. The number of benzene rings is 1. The second kappa shape index (κ2) is 6.36. The lowest BCUT2D eigenvalue weighted by atomic mass is 10.2. The number of hydrogen-bond acceptors (Lipinski definition) is 2. The van der Waals surface area contributed by atoms with Crippen LogP contribution in [0.1, 0.15) is 18.4 Å². The summed E-state index contributed by atoms with van der Waals surface area (Å²) in [7, 11) is 0. The molecule has 1 nitrogen and oxygen atoms in total. The van der Waals surface area contributed by atoms with Gasteiger partial charge in [0.15, 0.2) is 0 Å². The van der Waals surface area contributed by atoms with Gasteiger partial charge in [0.05, 0.1) is 6.61 Å². The Kier molecular flexibility index (Phi) is 5.41. The standard InChI is InChI=1S/C11H15BrOS/c1-9-8-10(4-5-11(9)12)13-6-2-3-7-14/h4-5,8,14H,2-3,6-7H2,1H3. The van der Waals surface area contributed by atoms with Crippen molar-refractivity contribution in [1.82, 2.24) is 0 Å². The van der Waals surface area contributed by atoms with Crippen LogP contribution in [0.4, 0.5) is 0 Å². The van der Waals surface area contributed by atoms with Crippen LogP contribution in [0.2, 0.25) is 0 Å². The Morgan fingerprint density at radius 1 is 1.36 bits per heavy atom. The highest BCUT2D eigenvalue weighted by Crippen LogP contribution is 2.21. The molecule has 0 aromatic heterocycles. The summed E-state index contributed by atoms with van der Waals surface area (Å²) in [6.45, 7) is 2.84. The highest BCUT2D eigenvalue weighted by molar-refractivity contribution is 9.10. The zero-order chi connectivity index (χ0) is 10.4. The van der Waals surface area contributed by atoms with Gasteiger partial charge in [0, 0.05) is 4.47 Å². The van der Waals surface area contributed by atoms with Crippen molar-refractivity contribution in [1.29, 1.82) is 0 Å². The minimum absolute atomic E-state index is 0.779. The fourth-order valence-corrected chi connectivity index (χ4v) is 1.58. The van der Waals surface area contributed by atoms with Gasteiger partial charge in [0.1, 0.15) is 5.75 Å². The van der Waals surface area contributed by atoms with E-state index in [9.17, 15) is 0 Å². The number of ether oxygens (including phenoxy) is 1. The van der Waals surface area contributed by atoms with Crippen molar-refractivity contribution in [2.24, 2.45) is 0 Å². The van der Waals surface area contributed by atoms with Gasteiger partial charge >= 0.3 is 0 Å². The normalized spacial score (nSPS) is 10.2. The number of halogens is 1. The predicted molar refractivity (Wildman–Crippen MR) is 67.5 cm³/mol. The first-order valence-corrected chi connectivity index (χ1v) is 6.16. The van der Waals surface area contributed by atoms with E-state index in [0.29, 0.717) is 0 Å². The van der Waals surface area contributed by atoms with Gasteiger partial charge < -0.3 is 4.74 Å². The van der Waals surface area contributed by atoms with E-state index in [2.05, 4.69) is 35.5 Å². The largest absolute Gasteiger partial charge is 0.494 e. The van der Waals surface area contributed by atoms with E-state index in [0.717, 1.165) is 35.4 Å². The molecule has 0 aliphatic heterocycles. The maximum atomic E-state index is 5.59. The summed E-state index contributed by atoms with van der Waals surface area (Å²) in [5.74, 6) is 1.88. The summed E-state index contributed by atoms with van der Waals surface area (Å²) in [4.78, 5) is 0. The van der Waals surface area contributed by atoms with Crippen LogP contribution in [0.25, 0.3) is 0 Å². The van der Waals surface area contributed by atoms with Crippen LogP contribution < -0.4 is 4.74 Å². The van der Waals surface area contributed by atoms with Crippen LogP contribution in [0.3, 0.4) is 0 Å². The lowest BCUT2D eigenvalue weighted by molar-refractivity contribution is 0.309. The Labute approximate surface area is 99.4 Å². The molecular formula is C11H15BrOS. The molecule has 0 saturated heterocycles. The second-order valence-electron chi connectivity index (χ2n) is 3.19. The molecule has 0 N–H and O–H groups in total. The van der Waals surface area contributed by atoms with E-state index in [-0.39, 0.29) is 0 Å². The molecule has 0 bridgehead atoms. The smallest absolute Gasteiger partial charge is 0.119 e. The fourth-order valence-electron chi connectivity index (χ4n) is 1.11. The first-order valence-electron chi connectivity index (χ1n) is 4.74. The molecule has 1 aromatic rings. The zero-order valence-electron chi connectivity index (χ0n) is 8.29. The SMILES string of the molecule is Cc1cc(OCCCCS)ccc1Br. The Balaban J connectivity index is 2.39.